The summed E-state index contributed by atoms with van der Waals surface area (Å²) in [6.07, 6.45) is 1.95. The zero-order valence-electron chi connectivity index (χ0n) is 11.5. The van der Waals surface area contributed by atoms with E-state index >= 15 is 0 Å². The second-order valence-corrected chi connectivity index (χ2v) is 6.26. The van der Waals surface area contributed by atoms with Crippen LogP contribution in [0.2, 0.25) is 0 Å². The molecule has 1 fully saturated rings. The van der Waals surface area contributed by atoms with Crippen molar-refractivity contribution in [2.24, 2.45) is 7.05 Å². The molecule has 1 aliphatic rings. The zero-order chi connectivity index (χ0) is 14.3. The highest BCUT2D eigenvalue weighted by Crippen LogP contribution is 2.46. The second kappa shape index (κ2) is 4.74. The molecule has 1 saturated carbocycles. The molecule has 0 bridgehead atoms. The van der Waals surface area contributed by atoms with Crippen LogP contribution in [0.5, 0.6) is 0 Å². The van der Waals surface area contributed by atoms with Gasteiger partial charge in [-0.25, -0.2) is 0 Å². The van der Waals surface area contributed by atoms with Gasteiger partial charge in [0.05, 0.1) is 5.54 Å². The number of nitrogens with zero attached hydrogens (tertiary/aromatic N) is 2. The summed E-state index contributed by atoms with van der Waals surface area (Å²) < 4.78 is 2.75. The lowest BCUT2D eigenvalue weighted by Crippen LogP contribution is -2.35. The van der Waals surface area contributed by atoms with E-state index in [9.17, 15) is 4.79 Å². The van der Waals surface area contributed by atoms with Gasteiger partial charge in [-0.05, 0) is 43.5 Å². The zero-order valence-corrected chi connectivity index (χ0v) is 13.1. The Morgan fingerprint density at radius 1 is 1.40 bits per heavy atom. The minimum Gasteiger partial charge on any atom is -0.341 e. The Hall–Kier alpha value is -1.62. The first-order chi connectivity index (χ1) is 9.50. The maximum atomic E-state index is 12.3. The third-order valence-corrected chi connectivity index (χ3v) is 4.32. The van der Waals surface area contributed by atoms with E-state index in [1.807, 2.05) is 32.2 Å². The maximum absolute atomic E-state index is 12.3. The fourth-order valence-electron chi connectivity index (χ4n) is 2.35. The first-order valence-electron chi connectivity index (χ1n) is 6.59. The first-order valence-corrected chi connectivity index (χ1v) is 7.39. The molecule has 104 valence electrons. The second-order valence-electron chi connectivity index (χ2n) is 5.34. The van der Waals surface area contributed by atoms with Crippen molar-refractivity contribution in [2.75, 3.05) is 0 Å². The molecule has 1 aromatic heterocycles. The van der Waals surface area contributed by atoms with E-state index in [1.165, 1.54) is 0 Å². The van der Waals surface area contributed by atoms with Crippen molar-refractivity contribution in [1.29, 1.82) is 0 Å². The molecular weight excluding hydrogens is 318 g/mol. The lowest BCUT2D eigenvalue weighted by atomic mass is 10.0. The van der Waals surface area contributed by atoms with Crippen LogP contribution < -0.4 is 5.32 Å². The van der Waals surface area contributed by atoms with Crippen molar-refractivity contribution in [3.63, 3.8) is 0 Å². The molecule has 0 saturated heterocycles. The van der Waals surface area contributed by atoms with Crippen LogP contribution in [0.1, 0.15) is 34.6 Å². The van der Waals surface area contributed by atoms with Crippen LogP contribution in [-0.2, 0) is 12.6 Å². The van der Waals surface area contributed by atoms with Crippen LogP contribution in [0.4, 0.5) is 0 Å². The highest BCUT2D eigenvalue weighted by molar-refractivity contribution is 9.10. The van der Waals surface area contributed by atoms with Gasteiger partial charge in [0.1, 0.15) is 5.69 Å². The molecule has 0 atom stereocenters. The summed E-state index contributed by atoms with van der Waals surface area (Å²) in [5, 5.41) is 7.36. The van der Waals surface area contributed by atoms with E-state index in [2.05, 4.69) is 38.5 Å². The average Bonchev–Trinajstić information content (AvgIpc) is 3.11. The van der Waals surface area contributed by atoms with E-state index in [1.54, 1.807) is 4.68 Å². The van der Waals surface area contributed by atoms with Gasteiger partial charge < -0.3 is 5.32 Å². The molecule has 1 amide bonds. The van der Waals surface area contributed by atoms with Crippen LogP contribution in [0, 0.1) is 6.92 Å². The highest BCUT2D eigenvalue weighted by Gasteiger charge is 2.46. The van der Waals surface area contributed by atoms with E-state index in [-0.39, 0.29) is 11.4 Å². The third-order valence-electron chi connectivity index (χ3n) is 3.83. The molecule has 0 radical (unpaired) electrons. The quantitative estimate of drug-likeness (QED) is 0.938. The maximum Gasteiger partial charge on any atom is 0.272 e. The van der Waals surface area contributed by atoms with Gasteiger partial charge in [-0.15, -0.1) is 0 Å². The van der Waals surface area contributed by atoms with Gasteiger partial charge in [0.15, 0.2) is 0 Å². The van der Waals surface area contributed by atoms with Crippen LogP contribution in [-0.4, -0.2) is 15.7 Å². The minimum absolute atomic E-state index is 0.105. The SMILES string of the molecule is Cc1cc(C(=O)NC2(c3cccc(Br)c3)CC2)nn1C. The topological polar surface area (TPSA) is 46.9 Å². The number of hydrogen-bond acceptors (Lipinski definition) is 2. The number of benzene rings is 1. The number of rotatable bonds is 3. The summed E-state index contributed by atoms with van der Waals surface area (Å²) in [6.45, 7) is 1.94. The first kappa shape index (κ1) is 13.4. The highest BCUT2D eigenvalue weighted by atomic mass is 79.9. The van der Waals surface area contributed by atoms with Crippen molar-refractivity contribution < 1.29 is 4.79 Å². The Kier molecular flexibility index (Phi) is 3.17. The number of carbonyl (C=O) groups excluding carboxylic acids is 1. The normalized spacial score (nSPS) is 15.9. The molecule has 3 rings (SSSR count). The number of amides is 1. The molecule has 4 nitrogen and oxygen atoms in total. The van der Waals surface area contributed by atoms with Crippen LogP contribution in [0.15, 0.2) is 34.8 Å². The lowest BCUT2D eigenvalue weighted by molar-refractivity contribution is 0.0925. The van der Waals surface area contributed by atoms with Gasteiger partial charge in [0.25, 0.3) is 5.91 Å². The van der Waals surface area contributed by atoms with Gasteiger partial charge in [0.2, 0.25) is 0 Å². The molecule has 1 heterocycles. The van der Waals surface area contributed by atoms with Gasteiger partial charge in [-0.2, -0.15) is 5.10 Å². The Morgan fingerprint density at radius 3 is 2.70 bits per heavy atom. The summed E-state index contributed by atoms with van der Waals surface area (Å²) in [6, 6.07) is 9.92. The molecule has 0 spiro atoms. The molecule has 1 aliphatic carbocycles. The fourth-order valence-corrected chi connectivity index (χ4v) is 2.75. The third kappa shape index (κ3) is 2.38. The van der Waals surface area contributed by atoms with Crippen LogP contribution in [0.25, 0.3) is 0 Å². The molecule has 2 aromatic rings. The molecular formula is C15H16BrN3O. The van der Waals surface area contributed by atoms with Crippen molar-refractivity contribution in [2.45, 2.75) is 25.3 Å². The fraction of sp³-hybridized carbons (Fsp3) is 0.333. The summed E-state index contributed by atoms with van der Waals surface area (Å²) in [5.41, 5.74) is 2.38. The standard InChI is InChI=1S/C15H16BrN3O/c1-10-8-13(18-19(10)2)14(20)17-15(6-7-15)11-4-3-5-12(16)9-11/h3-5,8-9H,6-7H2,1-2H3,(H,17,20). The number of halogens is 1. The molecule has 5 heteroatoms. The Morgan fingerprint density at radius 2 is 2.15 bits per heavy atom. The summed E-state index contributed by atoms with van der Waals surface area (Å²) in [4.78, 5) is 12.3. The van der Waals surface area contributed by atoms with Crippen molar-refractivity contribution in [3.8, 4) is 0 Å². The number of nitrogens with one attached hydrogen (secondary N) is 1. The molecule has 0 aliphatic heterocycles. The number of aryl methyl sites for hydroxylation is 2. The number of aromatic nitrogens is 2. The number of carbonyl (C=O) groups is 1. The summed E-state index contributed by atoms with van der Waals surface area (Å²) in [5.74, 6) is -0.105. The summed E-state index contributed by atoms with van der Waals surface area (Å²) >= 11 is 3.48. The Bertz CT molecular complexity index is 654. The molecule has 1 aromatic carbocycles. The van der Waals surface area contributed by atoms with Gasteiger partial charge >= 0.3 is 0 Å². The van der Waals surface area contributed by atoms with Crippen molar-refractivity contribution in [3.05, 3.63) is 51.8 Å². The van der Waals surface area contributed by atoms with E-state index in [0.29, 0.717) is 5.69 Å². The van der Waals surface area contributed by atoms with Gasteiger partial charge in [-0.1, -0.05) is 28.1 Å². The smallest absolute Gasteiger partial charge is 0.272 e. The molecule has 0 unspecified atom stereocenters. The van der Waals surface area contributed by atoms with E-state index in [0.717, 1.165) is 28.6 Å². The van der Waals surface area contributed by atoms with E-state index in [4.69, 9.17) is 0 Å². The van der Waals surface area contributed by atoms with Gasteiger partial charge in [-0.3, -0.25) is 9.48 Å². The van der Waals surface area contributed by atoms with Gasteiger partial charge in [0, 0.05) is 17.2 Å². The minimum atomic E-state index is -0.216. The lowest BCUT2D eigenvalue weighted by Gasteiger charge is -2.17. The van der Waals surface area contributed by atoms with Crippen LogP contribution in [0.3, 0.4) is 0 Å². The summed E-state index contributed by atoms with van der Waals surface area (Å²) in [7, 11) is 1.84. The number of hydrogen-bond donors (Lipinski definition) is 1. The van der Waals surface area contributed by atoms with Crippen LogP contribution >= 0.6 is 15.9 Å². The average molecular weight is 334 g/mol. The predicted octanol–water partition coefficient (Wildman–Crippen LogP) is 2.91. The monoisotopic (exact) mass is 333 g/mol. The Labute approximate surface area is 126 Å². The molecule has 1 N–H and O–H groups in total. The Balaban J connectivity index is 1.82. The predicted molar refractivity (Wildman–Crippen MR) is 80.5 cm³/mol. The van der Waals surface area contributed by atoms with Crippen molar-refractivity contribution in [1.82, 2.24) is 15.1 Å². The largest absolute Gasteiger partial charge is 0.341 e. The van der Waals surface area contributed by atoms with E-state index < -0.39 is 0 Å². The molecule has 20 heavy (non-hydrogen) atoms. The van der Waals surface area contributed by atoms with Crippen molar-refractivity contribution >= 4 is 21.8 Å².